The summed E-state index contributed by atoms with van der Waals surface area (Å²) < 4.78 is 27.3. The maximum atomic E-state index is 13.8. The minimum Gasteiger partial charge on any atom is -0.376 e. The van der Waals surface area contributed by atoms with E-state index in [0.717, 1.165) is 28.6 Å². The normalized spacial score (nSPS) is 12.3. The van der Waals surface area contributed by atoms with Crippen molar-refractivity contribution < 1.29 is 8.78 Å². The highest BCUT2D eigenvalue weighted by Crippen LogP contribution is 2.29. The Bertz CT molecular complexity index is 663. The van der Waals surface area contributed by atoms with E-state index in [9.17, 15) is 8.78 Å². The lowest BCUT2D eigenvalue weighted by Gasteiger charge is -2.20. The fraction of sp³-hybridized carbons (Fsp3) is 0.312. The molecule has 0 amide bonds. The van der Waals surface area contributed by atoms with Crippen LogP contribution in [-0.4, -0.2) is 4.98 Å². The van der Waals surface area contributed by atoms with Gasteiger partial charge in [0.25, 0.3) is 0 Å². The molecule has 5 heteroatoms. The number of nitrogens with one attached hydrogen (secondary N) is 1. The van der Waals surface area contributed by atoms with Crippen molar-refractivity contribution in [3.63, 3.8) is 0 Å². The average Bonchev–Trinajstić information content (AvgIpc) is 2.34. The zero-order valence-electron chi connectivity index (χ0n) is 12.4. The van der Waals surface area contributed by atoms with Gasteiger partial charge in [-0.05, 0) is 66.9 Å². The predicted molar refractivity (Wildman–Crippen MR) is 84.5 cm³/mol. The van der Waals surface area contributed by atoms with Gasteiger partial charge < -0.3 is 5.32 Å². The Labute approximate surface area is 131 Å². The van der Waals surface area contributed by atoms with Crippen LogP contribution in [0.25, 0.3) is 0 Å². The van der Waals surface area contributed by atoms with E-state index in [1.807, 2.05) is 33.8 Å². The van der Waals surface area contributed by atoms with Crippen LogP contribution in [0, 0.1) is 32.4 Å². The molecule has 0 fully saturated rings. The van der Waals surface area contributed by atoms with Gasteiger partial charge in [0.2, 0.25) is 0 Å². The zero-order valence-corrected chi connectivity index (χ0v) is 14.0. The smallest absolute Gasteiger partial charge is 0.149 e. The van der Waals surface area contributed by atoms with Gasteiger partial charge in [0.15, 0.2) is 0 Å². The molecular weight excluding hydrogens is 338 g/mol. The van der Waals surface area contributed by atoms with E-state index in [2.05, 4.69) is 26.2 Å². The number of aryl methyl sites for hydroxylation is 3. The first-order chi connectivity index (χ1) is 9.79. The second kappa shape index (κ2) is 6.10. The third kappa shape index (κ3) is 3.40. The van der Waals surface area contributed by atoms with Crippen LogP contribution in [0.4, 0.5) is 14.5 Å². The number of aromatic nitrogens is 1. The summed E-state index contributed by atoms with van der Waals surface area (Å²) in [5, 5.41) is 3.08. The van der Waals surface area contributed by atoms with Gasteiger partial charge in [-0.1, -0.05) is 0 Å². The van der Waals surface area contributed by atoms with Crippen molar-refractivity contribution in [2.75, 3.05) is 5.32 Å². The Morgan fingerprint density at radius 2 is 1.76 bits per heavy atom. The molecule has 2 rings (SSSR count). The summed E-state index contributed by atoms with van der Waals surface area (Å²) in [6.45, 7) is 7.82. The number of hydrogen-bond acceptors (Lipinski definition) is 2. The summed E-state index contributed by atoms with van der Waals surface area (Å²) in [5.74, 6) is -1.23. The lowest BCUT2D eigenvalue weighted by molar-refractivity contribution is 0.579. The minimum absolute atomic E-state index is 0.134. The van der Waals surface area contributed by atoms with Crippen molar-refractivity contribution in [3.8, 4) is 0 Å². The fourth-order valence-electron chi connectivity index (χ4n) is 2.63. The van der Waals surface area contributed by atoms with Gasteiger partial charge in [-0.3, -0.25) is 4.98 Å². The molecule has 2 aromatic rings. The lowest BCUT2D eigenvalue weighted by atomic mass is 10.00. The third-order valence-electron chi connectivity index (χ3n) is 3.40. The van der Waals surface area contributed by atoms with Crippen LogP contribution in [0.15, 0.2) is 22.7 Å². The van der Waals surface area contributed by atoms with E-state index in [4.69, 9.17) is 0 Å². The predicted octanol–water partition coefficient (Wildman–Crippen LogP) is 5.22. The molecule has 1 unspecified atom stereocenters. The summed E-state index contributed by atoms with van der Waals surface area (Å²) in [4.78, 5) is 4.45. The number of halogens is 3. The topological polar surface area (TPSA) is 24.9 Å². The highest BCUT2D eigenvalue weighted by Gasteiger charge is 2.16. The highest BCUT2D eigenvalue weighted by molar-refractivity contribution is 9.10. The van der Waals surface area contributed by atoms with E-state index in [1.54, 1.807) is 0 Å². The molecule has 1 N–H and O–H groups in total. The van der Waals surface area contributed by atoms with Crippen molar-refractivity contribution in [2.24, 2.45) is 0 Å². The van der Waals surface area contributed by atoms with Gasteiger partial charge in [0.05, 0.1) is 16.2 Å². The van der Waals surface area contributed by atoms with Crippen LogP contribution >= 0.6 is 15.9 Å². The zero-order chi connectivity index (χ0) is 15.7. The van der Waals surface area contributed by atoms with Gasteiger partial charge in [0.1, 0.15) is 11.6 Å². The molecule has 0 saturated carbocycles. The molecule has 0 saturated heterocycles. The first-order valence-corrected chi connectivity index (χ1v) is 7.44. The van der Waals surface area contributed by atoms with Crippen LogP contribution in [0.2, 0.25) is 0 Å². The molecule has 0 bridgehead atoms. The maximum absolute atomic E-state index is 13.8. The number of pyridine rings is 1. The fourth-order valence-corrected chi connectivity index (χ4v) is 2.97. The molecule has 1 atom stereocenters. The summed E-state index contributed by atoms with van der Waals surface area (Å²) in [6.07, 6.45) is 0. The van der Waals surface area contributed by atoms with Crippen molar-refractivity contribution in [1.82, 2.24) is 4.98 Å². The second-order valence-electron chi connectivity index (χ2n) is 5.19. The van der Waals surface area contributed by atoms with Crippen molar-refractivity contribution >= 4 is 21.6 Å². The molecule has 21 heavy (non-hydrogen) atoms. The minimum atomic E-state index is -0.616. The number of rotatable bonds is 3. The van der Waals surface area contributed by atoms with E-state index >= 15 is 0 Å². The van der Waals surface area contributed by atoms with Gasteiger partial charge in [-0.15, -0.1) is 0 Å². The lowest BCUT2D eigenvalue weighted by Crippen LogP contribution is -2.12. The van der Waals surface area contributed by atoms with Crippen LogP contribution in [-0.2, 0) is 0 Å². The second-order valence-corrected chi connectivity index (χ2v) is 6.05. The number of anilines is 1. The van der Waals surface area contributed by atoms with E-state index in [1.165, 1.54) is 6.07 Å². The molecular formula is C16H17BrF2N2. The maximum Gasteiger partial charge on any atom is 0.149 e. The van der Waals surface area contributed by atoms with Gasteiger partial charge >= 0.3 is 0 Å². The van der Waals surface area contributed by atoms with E-state index < -0.39 is 11.6 Å². The molecule has 0 spiro atoms. The first kappa shape index (κ1) is 15.9. The van der Waals surface area contributed by atoms with Crippen LogP contribution in [0.3, 0.4) is 0 Å². The standard InChI is InChI=1S/C16H17BrF2N2/c1-8-5-9(2)20-10(3)16(8)11(4)21-15-6-12(17)13(18)7-14(15)19/h5-7,11,21H,1-4H3. The average molecular weight is 355 g/mol. The Morgan fingerprint density at radius 1 is 1.10 bits per heavy atom. The Kier molecular flexibility index (Phi) is 4.61. The Morgan fingerprint density at radius 3 is 2.38 bits per heavy atom. The van der Waals surface area contributed by atoms with Crippen molar-refractivity contribution in [2.45, 2.75) is 33.7 Å². The molecule has 0 aliphatic rings. The van der Waals surface area contributed by atoms with Gasteiger partial charge in [-0.25, -0.2) is 8.78 Å². The van der Waals surface area contributed by atoms with Crippen molar-refractivity contribution in [1.29, 1.82) is 0 Å². The molecule has 2 nitrogen and oxygen atoms in total. The quantitative estimate of drug-likeness (QED) is 0.764. The molecule has 1 heterocycles. The summed E-state index contributed by atoms with van der Waals surface area (Å²) in [5.41, 5.74) is 4.25. The first-order valence-electron chi connectivity index (χ1n) is 6.65. The van der Waals surface area contributed by atoms with Crippen molar-refractivity contribution in [3.05, 3.63) is 56.8 Å². The molecule has 1 aromatic heterocycles. The summed E-state index contributed by atoms with van der Waals surface area (Å²) >= 11 is 3.07. The summed E-state index contributed by atoms with van der Waals surface area (Å²) in [7, 11) is 0. The molecule has 0 aliphatic carbocycles. The largest absolute Gasteiger partial charge is 0.376 e. The monoisotopic (exact) mass is 354 g/mol. The molecule has 1 aromatic carbocycles. The third-order valence-corrected chi connectivity index (χ3v) is 4.01. The highest BCUT2D eigenvalue weighted by atomic mass is 79.9. The summed E-state index contributed by atoms with van der Waals surface area (Å²) in [6, 6.07) is 4.14. The molecule has 112 valence electrons. The molecule has 0 aliphatic heterocycles. The van der Waals surface area contributed by atoms with Crippen LogP contribution in [0.1, 0.15) is 35.5 Å². The Hall–Kier alpha value is -1.49. The van der Waals surface area contributed by atoms with Gasteiger partial charge in [-0.2, -0.15) is 0 Å². The Balaban J connectivity index is 2.35. The van der Waals surface area contributed by atoms with Gasteiger partial charge in [0, 0.05) is 17.5 Å². The van der Waals surface area contributed by atoms with Crippen LogP contribution < -0.4 is 5.32 Å². The van der Waals surface area contributed by atoms with Crippen LogP contribution in [0.5, 0.6) is 0 Å². The van der Waals surface area contributed by atoms with E-state index in [-0.39, 0.29) is 16.2 Å². The number of hydrogen-bond donors (Lipinski definition) is 1. The van der Waals surface area contributed by atoms with E-state index in [0.29, 0.717) is 0 Å². The molecule has 0 radical (unpaired) electrons. The number of benzene rings is 1. The SMILES string of the molecule is Cc1cc(C)c(C(C)Nc2cc(Br)c(F)cc2F)c(C)n1. The number of nitrogens with zero attached hydrogens (tertiary/aromatic N) is 1.